The summed E-state index contributed by atoms with van der Waals surface area (Å²) in [5, 5.41) is 0. The third kappa shape index (κ3) is 5.75. The summed E-state index contributed by atoms with van der Waals surface area (Å²) in [6.07, 6.45) is 1.21. The Morgan fingerprint density at radius 3 is 2.78 bits per heavy atom. The minimum absolute atomic E-state index is 0.0337. The van der Waals surface area contributed by atoms with E-state index >= 15 is 0 Å². The van der Waals surface area contributed by atoms with Crippen molar-refractivity contribution in [3.63, 3.8) is 0 Å². The van der Waals surface area contributed by atoms with Gasteiger partial charge in [0.2, 0.25) is 11.8 Å². The molecule has 1 aliphatic heterocycles. The number of rotatable bonds is 6. The molecule has 7 heteroatoms. The van der Waals surface area contributed by atoms with Crippen LogP contribution in [0.15, 0.2) is 0 Å². The number of alkyl halides is 3. The number of nitrogens with two attached hydrogens (primary N) is 1. The highest BCUT2D eigenvalue weighted by Gasteiger charge is 2.33. The van der Waals surface area contributed by atoms with Crippen molar-refractivity contribution >= 4 is 27.7 Å². The molecule has 1 fully saturated rings. The maximum Gasteiger partial charge on any atom is 0.301 e. The highest BCUT2D eigenvalue weighted by atomic mass is 79.9. The van der Waals surface area contributed by atoms with Gasteiger partial charge in [0.1, 0.15) is 0 Å². The highest BCUT2D eigenvalue weighted by molar-refractivity contribution is 9.09. The van der Waals surface area contributed by atoms with Crippen LogP contribution in [0.3, 0.4) is 0 Å². The Balaban J connectivity index is 2.41. The van der Waals surface area contributed by atoms with Gasteiger partial charge in [-0.15, -0.1) is 0 Å². The minimum atomic E-state index is -2.88. The molecule has 1 saturated heterocycles. The molecule has 2 N–H and O–H groups in total. The van der Waals surface area contributed by atoms with Gasteiger partial charge in [-0.3, -0.25) is 9.59 Å². The molecule has 1 unspecified atom stereocenters. The van der Waals surface area contributed by atoms with Gasteiger partial charge >= 0.3 is 4.83 Å². The molecule has 4 nitrogen and oxygen atoms in total. The van der Waals surface area contributed by atoms with Gasteiger partial charge in [-0.05, 0) is 34.7 Å². The van der Waals surface area contributed by atoms with Crippen LogP contribution in [-0.2, 0) is 9.59 Å². The van der Waals surface area contributed by atoms with Crippen LogP contribution in [0.25, 0.3) is 0 Å². The first-order chi connectivity index (χ1) is 8.28. The SMILES string of the molecule is NC(=O)CCCN1CC(CC(F)(F)Br)CCC1=O. The van der Waals surface area contributed by atoms with Crippen LogP contribution in [-0.4, -0.2) is 34.6 Å². The lowest BCUT2D eigenvalue weighted by atomic mass is 9.94. The molecule has 1 heterocycles. The molecule has 0 aromatic heterocycles. The van der Waals surface area contributed by atoms with Gasteiger partial charge in [-0.2, -0.15) is 8.78 Å². The Morgan fingerprint density at radius 2 is 2.22 bits per heavy atom. The van der Waals surface area contributed by atoms with Crippen molar-refractivity contribution in [2.75, 3.05) is 13.1 Å². The summed E-state index contributed by atoms with van der Waals surface area (Å²) in [4.78, 5) is 20.9. The van der Waals surface area contributed by atoms with E-state index in [9.17, 15) is 18.4 Å². The van der Waals surface area contributed by atoms with Gasteiger partial charge in [0.25, 0.3) is 0 Å². The molecule has 1 rings (SSSR count). The Hall–Kier alpha value is -0.720. The number of nitrogens with zero attached hydrogens (tertiary/aromatic N) is 1. The van der Waals surface area contributed by atoms with E-state index in [-0.39, 0.29) is 24.7 Å². The Kier molecular flexibility index (Phi) is 5.49. The average Bonchev–Trinajstić information content (AvgIpc) is 2.20. The molecule has 2 amide bonds. The zero-order valence-electron chi connectivity index (χ0n) is 10.0. The summed E-state index contributed by atoms with van der Waals surface area (Å²) in [5.41, 5.74) is 5.01. The normalized spacial score (nSPS) is 21.2. The fourth-order valence-corrected chi connectivity index (χ4v) is 2.60. The van der Waals surface area contributed by atoms with E-state index in [4.69, 9.17) is 5.73 Å². The van der Waals surface area contributed by atoms with Gasteiger partial charge in [0, 0.05) is 32.4 Å². The van der Waals surface area contributed by atoms with E-state index < -0.39 is 10.7 Å². The Bertz CT molecular complexity index is 321. The summed E-state index contributed by atoms with van der Waals surface area (Å²) in [7, 11) is 0. The van der Waals surface area contributed by atoms with Crippen molar-refractivity contribution in [1.29, 1.82) is 0 Å². The molecule has 0 bridgehead atoms. The van der Waals surface area contributed by atoms with Gasteiger partial charge in [-0.1, -0.05) is 0 Å². The highest BCUT2D eigenvalue weighted by Crippen LogP contribution is 2.33. The third-order valence-corrected chi connectivity index (χ3v) is 3.29. The van der Waals surface area contributed by atoms with Crippen LogP contribution in [0.2, 0.25) is 0 Å². The lowest BCUT2D eigenvalue weighted by Gasteiger charge is -2.33. The molecule has 0 aromatic carbocycles. The van der Waals surface area contributed by atoms with Gasteiger partial charge in [-0.25, -0.2) is 0 Å². The van der Waals surface area contributed by atoms with Crippen molar-refractivity contribution < 1.29 is 18.4 Å². The number of carbonyl (C=O) groups excluding carboxylic acids is 2. The molecule has 18 heavy (non-hydrogen) atoms. The Morgan fingerprint density at radius 1 is 1.56 bits per heavy atom. The molecule has 0 saturated carbocycles. The lowest BCUT2D eigenvalue weighted by molar-refractivity contribution is -0.135. The zero-order chi connectivity index (χ0) is 13.8. The number of hydrogen-bond acceptors (Lipinski definition) is 2. The first-order valence-corrected chi connectivity index (χ1v) is 6.70. The second-order valence-electron chi connectivity index (χ2n) is 4.63. The second-order valence-corrected chi connectivity index (χ2v) is 5.79. The molecule has 0 aromatic rings. The number of piperidine rings is 1. The van der Waals surface area contributed by atoms with E-state index in [0.717, 1.165) is 0 Å². The zero-order valence-corrected chi connectivity index (χ0v) is 11.6. The van der Waals surface area contributed by atoms with Crippen LogP contribution in [0.1, 0.15) is 32.1 Å². The molecule has 0 radical (unpaired) electrons. The van der Waals surface area contributed by atoms with Crippen LogP contribution < -0.4 is 5.73 Å². The first kappa shape index (κ1) is 15.3. The van der Waals surface area contributed by atoms with E-state index in [0.29, 0.717) is 32.4 Å². The molecular weight excluding hydrogens is 310 g/mol. The van der Waals surface area contributed by atoms with Crippen LogP contribution in [0, 0.1) is 5.92 Å². The molecule has 104 valence electrons. The maximum absolute atomic E-state index is 12.8. The van der Waals surface area contributed by atoms with Crippen molar-refractivity contribution in [3.05, 3.63) is 0 Å². The largest absolute Gasteiger partial charge is 0.370 e. The van der Waals surface area contributed by atoms with E-state index in [1.807, 2.05) is 0 Å². The number of primary amides is 1. The van der Waals surface area contributed by atoms with Gasteiger partial charge in [0.15, 0.2) is 0 Å². The summed E-state index contributed by atoms with van der Waals surface area (Å²) in [5.74, 6) is -0.651. The van der Waals surface area contributed by atoms with E-state index in [2.05, 4.69) is 15.9 Å². The number of carbonyl (C=O) groups is 2. The van der Waals surface area contributed by atoms with Crippen LogP contribution >= 0.6 is 15.9 Å². The summed E-state index contributed by atoms with van der Waals surface area (Å²) in [6, 6.07) is 0. The number of likely N-dealkylation sites (tertiary alicyclic amines) is 1. The lowest BCUT2D eigenvalue weighted by Crippen LogP contribution is -2.41. The number of amides is 2. The smallest absolute Gasteiger partial charge is 0.301 e. The molecule has 0 aliphatic carbocycles. The summed E-state index contributed by atoms with van der Waals surface area (Å²) < 4.78 is 25.7. The van der Waals surface area contributed by atoms with Crippen molar-refractivity contribution in [3.8, 4) is 0 Å². The fourth-order valence-electron chi connectivity index (χ4n) is 2.14. The maximum atomic E-state index is 12.8. The predicted octanol–water partition coefficient (Wildman–Crippen LogP) is 1.87. The molecular formula is C11H17BrF2N2O2. The molecule has 1 aliphatic rings. The van der Waals surface area contributed by atoms with Crippen molar-refractivity contribution in [1.82, 2.24) is 4.90 Å². The summed E-state index contributed by atoms with van der Waals surface area (Å²) >= 11 is 2.32. The monoisotopic (exact) mass is 326 g/mol. The standard InChI is InChI=1S/C11H17BrF2N2O2/c12-11(13,14)6-8-3-4-10(18)16(7-8)5-1-2-9(15)17/h8H,1-7H2,(H2,15,17). The van der Waals surface area contributed by atoms with Crippen molar-refractivity contribution in [2.24, 2.45) is 11.7 Å². The van der Waals surface area contributed by atoms with E-state index in [1.54, 1.807) is 4.90 Å². The van der Waals surface area contributed by atoms with Gasteiger partial charge < -0.3 is 10.6 Å². The number of halogens is 3. The second kappa shape index (κ2) is 6.45. The minimum Gasteiger partial charge on any atom is -0.370 e. The van der Waals surface area contributed by atoms with Gasteiger partial charge in [0.05, 0.1) is 0 Å². The Labute approximate surface area is 113 Å². The predicted molar refractivity (Wildman–Crippen MR) is 66.2 cm³/mol. The average molecular weight is 327 g/mol. The van der Waals surface area contributed by atoms with Crippen LogP contribution in [0.4, 0.5) is 8.78 Å². The quantitative estimate of drug-likeness (QED) is 0.757. The number of hydrogen-bond donors (Lipinski definition) is 1. The molecule has 0 spiro atoms. The summed E-state index contributed by atoms with van der Waals surface area (Å²) in [6.45, 7) is 0.741. The van der Waals surface area contributed by atoms with Crippen molar-refractivity contribution in [2.45, 2.75) is 36.9 Å². The van der Waals surface area contributed by atoms with E-state index in [1.165, 1.54) is 0 Å². The van der Waals surface area contributed by atoms with Crippen LogP contribution in [0.5, 0.6) is 0 Å². The molecule has 1 atom stereocenters. The third-order valence-electron chi connectivity index (χ3n) is 2.97. The topological polar surface area (TPSA) is 63.4 Å². The first-order valence-electron chi connectivity index (χ1n) is 5.91. The fraction of sp³-hybridized carbons (Fsp3) is 0.818.